The van der Waals surface area contributed by atoms with E-state index in [1.165, 1.54) is 62.1 Å². The highest BCUT2D eigenvalue weighted by Gasteiger charge is 2.23. The van der Waals surface area contributed by atoms with E-state index in [0.717, 1.165) is 12.8 Å². The van der Waals surface area contributed by atoms with Gasteiger partial charge in [-0.05, 0) is 49.7 Å². The molecule has 0 spiro atoms. The number of rotatable bonds is 17. The molecule has 0 heterocycles. The Balaban J connectivity index is 1.70. The molecule has 0 aliphatic carbocycles. The Bertz CT molecular complexity index is 928. The Morgan fingerprint density at radius 1 is 0.735 bits per heavy atom. The van der Waals surface area contributed by atoms with Crippen molar-refractivity contribution in [2.75, 3.05) is 16.2 Å². The molecule has 34 heavy (non-hydrogen) atoms. The molecule has 0 radical (unpaired) electrons. The number of unbranched alkanes of at least 4 members (excludes halogenated alkanes) is 10. The second-order valence-corrected chi connectivity index (χ2v) is 10.7. The minimum Gasteiger partial charge on any atom is -0.326 e. The summed E-state index contributed by atoms with van der Waals surface area (Å²) >= 11 is 0. The van der Waals surface area contributed by atoms with Crippen molar-refractivity contribution in [2.45, 2.75) is 95.8 Å². The second-order valence-electron chi connectivity index (χ2n) is 8.86. The summed E-state index contributed by atoms with van der Waals surface area (Å²) in [6.07, 6.45) is 14.3. The van der Waals surface area contributed by atoms with Gasteiger partial charge in [-0.25, -0.2) is 8.42 Å². The molecule has 0 saturated carbocycles. The van der Waals surface area contributed by atoms with Crippen molar-refractivity contribution < 1.29 is 13.2 Å². The first-order valence-corrected chi connectivity index (χ1v) is 14.4. The van der Waals surface area contributed by atoms with E-state index in [1.54, 1.807) is 36.4 Å². The Kier molecular flexibility index (Phi) is 12.8. The molecule has 6 heteroatoms. The van der Waals surface area contributed by atoms with Gasteiger partial charge in [-0.1, -0.05) is 89.3 Å². The van der Waals surface area contributed by atoms with Crippen molar-refractivity contribution in [3.05, 3.63) is 54.6 Å². The summed E-state index contributed by atoms with van der Waals surface area (Å²) in [6, 6.07) is 15.5. The van der Waals surface area contributed by atoms with Gasteiger partial charge in [0.2, 0.25) is 5.91 Å². The van der Waals surface area contributed by atoms with E-state index in [9.17, 15) is 13.2 Å². The van der Waals surface area contributed by atoms with Gasteiger partial charge in [0.15, 0.2) is 0 Å². The smallest absolute Gasteiger partial charge is 0.264 e. The van der Waals surface area contributed by atoms with Crippen LogP contribution in [0.4, 0.5) is 11.4 Å². The highest BCUT2D eigenvalue weighted by molar-refractivity contribution is 7.92. The fraction of sp³-hybridized carbons (Fsp3) is 0.536. The Hall–Kier alpha value is -2.34. The lowest BCUT2D eigenvalue weighted by atomic mass is 10.1. The molecular formula is C28H42N2O3S. The number of carbonyl (C=O) groups excluding carboxylic acids is 1. The number of carbonyl (C=O) groups is 1. The van der Waals surface area contributed by atoms with Crippen LogP contribution in [0.2, 0.25) is 0 Å². The van der Waals surface area contributed by atoms with Crippen molar-refractivity contribution in [3.63, 3.8) is 0 Å². The minimum atomic E-state index is -3.66. The molecule has 0 aliphatic heterocycles. The van der Waals surface area contributed by atoms with Crippen molar-refractivity contribution in [3.8, 4) is 0 Å². The molecule has 0 atom stereocenters. The number of hydrogen-bond donors (Lipinski definition) is 1. The molecule has 188 valence electrons. The fourth-order valence-electron chi connectivity index (χ4n) is 4.10. The van der Waals surface area contributed by atoms with Gasteiger partial charge in [0.25, 0.3) is 10.0 Å². The van der Waals surface area contributed by atoms with Gasteiger partial charge in [0.05, 0.1) is 10.6 Å². The number of anilines is 2. The average molecular weight is 487 g/mol. The third-order valence-electron chi connectivity index (χ3n) is 6.06. The number of para-hydroxylation sites is 1. The predicted molar refractivity (Wildman–Crippen MR) is 143 cm³/mol. The molecule has 0 aromatic heterocycles. The standard InChI is InChI=1S/C28H42N2O3S/c1-3-5-6-7-8-9-10-11-12-13-17-20-28(31)29-25-21-23-27(24-22-25)34(32,33)30(4-2)26-18-15-14-16-19-26/h14-16,18-19,21-24H,3-13,17,20H2,1-2H3,(H,29,31). The zero-order valence-corrected chi connectivity index (χ0v) is 21.8. The summed E-state index contributed by atoms with van der Waals surface area (Å²) in [5.41, 5.74) is 1.25. The molecule has 1 N–H and O–H groups in total. The third kappa shape index (κ3) is 9.49. The quantitative estimate of drug-likeness (QED) is 0.235. The number of benzene rings is 2. The lowest BCUT2D eigenvalue weighted by Crippen LogP contribution is -2.30. The maximum atomic E-state index is 13.1. The Morgan fingerprint density at radius 2 is 1.26 bits per heavy atom. The zero-order valence-electron chi connectivity index (χ0n) is 21.0. The van der Waals surface area contributed by atoms with E-state index >= 15 is 0 Å². The van der Waals surface area contributed by atoms with E-state index in [-0.39, 0.29) is 10.8 Å². The van der Waals surface area contributed by atoms with Crippen molar-refractivity contribution in [1.29, 1.82) is 0 Å². The molecule has 0 bridgehead atoms. The molecule has 0 saturated heterocycles. The number of amides is 1. The van der Waals surface area contributed by atoms with Crippen LogP contribution in [0.25, 0.3) is 0 Å². The van der Waals surface area contributed by atoms with Gasteiger partial charge in [-0.2, -0.15) is 0 Å². The van der Waals surface area contributed by atoms with Crippen LogP contribution in [0.15, 0.2) is 59.5 Å². The van der Waals surface area contributed by atoms with E-state index < -0.39 is 10.0 Å². The van der Waals surface area contributed by atoms with Crippen molar-refractivity contribution in [1.82, 2.24) is 0 Å². The van der Waals surface area contributed by atoms with Crippen LogP contribution in [0, 0.1) is 0 Å². The summed E-state index contributed by atoms with van der Waals surface area (Å²) in [4.78, 5) is 12.5. The lowest BCUT2D eigenvalue weighted by molar-refractivity contribution is -0.116. The first-order valence-electron chi connectivity index (χ1n) is 13.0. The summed E-state index contributed by atoms with van der Waals surface area (Å²) in [5, 5.41) is 2.88. The summed E-state index contributed by atoms with van der Waals surface area (Å²) in [6.45, 7) is 4.40. The number of hydrogen-bond acceptors (Lipinski definition) is 3. The molecule has 2 aromatic rings. The maximum Gasteiger partial charge on any atom is 0.264 e. The van der Waals surface area contributed by atoms with E-state index in [0.29, 0.717) is 24.3 Å². The predicted octanol–water partition coefficient (Wildman–Crippen LogP) is 7.54. The summed E-state index contributed by atoms with van der Waals surface area (Å²) < 4.78 is 27.5. The fourth-order valence-corrected chi connectivity index (χ4v) is 5.57. The van der Waals surface area contributed by atoms with E-state index in [4.69, 9.17) is 0 Å². The van der Waals surface area contributed by atoms with Gasteiger partial charge in [-0.15, -0.1) is 0 Å². The second kappa shape index (κ2) is 15.5. The normalized spacial score (nSPS) is 11.4. The number of nitrogens with one attached hydrogen (secondary N) is 1. The average Bonchev–Trinajstić information content (AvgIpc) is 2.84. The Labute approximate surface area is 207 Å². The lowest BCUT2D eigenvalue weighted by Gasteiger charge is -2.23. The zero-order chi connectivity index (χ0) is 24.7. The summed E-state index contributed by atoms with van der Waals surface area (Å²) in [7, 11) is -3.66. The SMILES string of the molecule is CCCCCCCCCCCCCC(=O)Nc1ccc(S(=O)(=O)N(CC)c2ccccc2)cc1. The van der Waals surface area contributed by atoms with Crippen LogP contribution in [0.5, 0.6) is 0 Å². The van der Waals surface area contributed by atoms with Gasteiger partial charge >= 0.3 is 0 Å². The van der Waals surface area contributed by atoms with Gasteiger partial charge in [0, 0.05) is 18.7 Å². The molecule has 5 nitrogen and oxygen atoms in total. The van der Waals surface area contributed by atoms with Gasteiger partial charge in [-0.3, -0.25) is 9.10 Å². The topological polar surface area (TPSA) is 66.5 Å². The highest BCUT2D eigenvalue weighted by Crippen LogP contribution is 2.24. The van der Waals surface area contributed by atoms with E-state index in [1.807, 2.05) is 25.1 Å². The first-order chi connectivity index (χ1) is 16.5. The molecular weight excluding hydrogens is 444 g/mol. The number of nitrogens with zero attached hydrogens (tertiary/aromatic N) is 1. The Morgan fingerprint density at radius 3 is 1.79 bits per heavy atom. The maximum absolute atomic E-state index is 13.1. The van der Waals surface area contributed by atoms with Crippen LogP contribution < -0.4 is 9.62 Å². The molecule has 2 aromatic carbocycles. The molecule has 0 fully saturated rings. The van der Waals surface area contributed by atoms with Gasteiger partial charge < -0.3 is 5.32 Å². The number of sulfonamides is 1. The van der Waals surface area contributed by atoms with Crippen LogP contribution in [0.1, 0.15) is 90.9 Å². The van der Waals surface area contributed by atoms with Crippen LogP contribution in [-0.2, 0) is 14.8 Å². The molecule has 0 aliphatic rings. The minimum absolute atomic E-state index is 0.0222. The highest BCUT2D eigenvalue weighted by atomic mass is 32.2. The van der Waals surface area contributed by atoms with Crippen LogP contribution >= 0.6 is 0 Å². The van der Waals surface area contributed by atoms with Crippen molar-refractivity contribution >= 4 is 27.3 Å². The van der Waals surface area contributed by atoms with E-state index in [2.05, 4.69) is 12.2 Å². The molecule has 0 unspecified atom stereocenters. The third-order valence-corrected chi connectivity index (χ3v) is 7.98. The molecule has 1 amide bonds. The monoisotopic (exact) mass is 486 g/mol. The largest absolute Gasteiger partial charge is 0.326 e. The van der Waals surface area contributed by atoms with Crippen LogP contribution in [-0.4, -0.2) is 20.9 Å². The first kappa shape index (κ1) is 27.9. The van der Waals surface area contributed by atoms with Gasteiger partial charge in [0.1, 0.15) is 0 Å². The van der Waals surface area contributed by atoms with Crippen molar-refractivity contribution in [2.24, 2.45) is 0 Å². The summed E-state index contributed by atoms with van der Waals surface area (Å²) in [5.74, 6) is -0.0222. The molecule has 2 rings (SSSR count). The van der Waals surface area contributed by atoms with Crippen LogP contribution in [0.3, 0.4) is 0 Å².